The van der Waals surface area contributed by atoms with Crippen LogP contribution < -0.4 is 10.6 Å². The fourth-order valence-corrected chi connectivity index (χ4v) is 1.38. The number of rotatable bonds is 2. The molecule has 5 nitrogen and oxygen atoms in total. The molecular weight excluding hydrogens is 194 g/mol. The molecule has 1 atom stereocenters. The number of pyridine rings is 1. The first-order chi connectivity index (χ1) is 7.36. The van der Waals surface area contributed by atoms with Gasteiger partial charge in [0.05, 0.1) is 6.61 Å². The van der Waals surface area contributed by atoms with Gasteiger partial charge in [-0.3, -0.25) is 4.79 Å². The maximum absolute atomic E-state index is 11.7. The van der Waals surface area contributed by atoms with E-state index in [0.717, 1.165) is 6.54 Å². The molecule has 2 rings (SSSR count). The molecule has 15 heavy (non-hydrogen) atoms. The number of ether oxygens (including phenoxy) is 1. The summed E-state index contributed by atoms with van der Waals surface area (Å²) in [5.74, 6) is 0.401. The summed E-state index contributed by atoms with van der Waals surface area (Å²) in [6.45, 7) is 1.92. The first-order valence-electron chi connectivity index (χ1n) is 4.90. The van der Waals surface area contributed by atoms with E-state index in [0.29, 0.717) is 19.0 Å². The van der Waals surface area contributed by atoms with Gasteiger partial charge in [-0.25, -0.2) is 4.98 Å². The molecule has 0 radical (unpaired) electrons. The molecule has 1 aliphatic rings. The van der Waals surface area contributed by atoms with Crippen molar-refractivity contribution in [1.29, 1.82) is 0 Å². The van der Waals surface area contributed by atoms with Gasteiger partial charge in [0.2, 0.25) is 0 Å². The molecule has 80 valence electrons. The Kier molecular flexibility index (Phi) is 3.26. The van der Waals surface area contributed by atoms with Gasteiger partial charge in [-0.05, 0) is 12.1 Å². The van der Waals surface area contributed by atoms with Gasteiger partial charge in [0.15, 0.2) is 0 Å². The lowest BCUT2D eigenvalue weighted by atomic mass is 10.3. The van der Waals surface area contributed by atoms with Crippen LogP contribution in [0.2, 0.25) is 0 Å². The van der Waals surface area contributed by atoms with Crippen molar-refractivity contribution in [3.8, 4) is 0 Å². The van der Waals surface area contributed by atoms with E-state index >= 15 is 0 Å². The topological polar surface area (TPSA) is 63.2 Å². The van der Waals surface area contributed by atoms with Gasteiger partial charge in [-0.1, -0.05) is 6.07 Å². The van der Waals surface area contributed by atoms with Crippen LogP contribution in [0.25, 0.3) is 0 Å². The van der Waals surface area contributed by atoms with E-state index in [2.05, 4.69) is 15.6 Å². The summed E-state index contributed by atoms with van der Waals surface area (Å²) in [4.78, 5) is 15.7. The Morgan fingerprint density at radius 3 is 3.20 bits per heavy atom. The van der Waals surface area contributed by atoms with Crippen LogP contribution in [0.1, 0.15) is 0 Å². The van der Waals surface area contributed by atoms with Gasteiger partial charge in [-0.2, -0.15) is 0 Å². The lowest BCUT2D eigenvalue weighted by Crippen LogP contribution is -2.45. The van der Waals surface area contributed by atoms with Gasteiger partial charge in [-0.15, -0.1) is 0 Å². The summed E-state index contributed by atoms with van der Waals surface area (Å²) in [5.41, 5.74) is 0. The fourth-order valence-electron chi connectivity index (χ4n) is 1.38. The zero-order valence-electron chi connectivity index (χ0n) is 8.27. The number of hydrogen-bond acceptors (Lipinski definition) is 4. The zero-order valence-corrected chi connectivity index (χ0v) is 8.27. The van der Waals surface area contributed by atoms with Crippen LogP contribution >= 0.6 is 0 Å². The third-order valence-electron chi connectivity index (χ3n) is 2.14. The van der Waals surface area contributed by atoms with Crippen molar-refractivity contribution in [2.75, 3.05) is 25.0 Å². The number of aromatic nitrogens is 1. The van der Waals surface area contributed by atoms with Crippen LogP contribution in [0.3, 0.4) is 0 Å². The van der Waals surface area contributed by atoms with Gasteiger partial charge in [0.25, 0.3) is 5.91 Å². The molecule has 0 aliphatic carbocycles. The highest BCUT2D eigenvalue weighted by molar-refractivity contribution is 5.93. The maximum atomic E-state index is 11.7. The SMILES string of the molecule is O=C(Nc1ccccn1)[C@H]1CNCCO1. The minimum atomic E-state index is -0.416. The predicted octanol–water partition coefficient (Wildman–Crippen LogP) is 0.00850. The molecule has 1 amide bonds. The van der Waals surface area contributed by atoms with Gasteiger partial charge in [0, 0.05) is 19.3 Å². The maximum Gasteiger partial charge on any atom is 0.255 e. The molecule has 1 aromatic heterocycles. The van der Waals surface area contributed by atoms with Crippen molar-refractivity contribution in [3.05, 3.63) is 24.4 Å². The fraction of sp³-hybridized carbons (Fsp3) is 0.400. The van der Waals surface area contributed by atoms with Gasteiger partial charge in [0.1, 0.15) is 11.9 Å². The first kappa shape index (κ1) is 10.1. The molecule has 2 heterocycles. The normalized spacial score (nSPS) is 20.9. The Balaban J connectivity index is 1.91. The summed E-state index contributed by atoms with van der Waals surface area (Å²) < 4.78 is 5.31. The highest BCUT2D eigenvalue weighted by Gasteiger charge is 2.21. The van der Waals surface area contributed by atoms with Crippen LogP contribution in [0, 0.1) is 0 Å². The second-order valence-corrected chi connectivity index (χ2v) is 3.27. The molecule has 0 bridgehead atoms. The highest BCUT2D eigenvalue weighted by atomic mass is 16.5. The van der Waals surface area contributed by atoms with Crippen molar-refractivity contribution in [1.82, 2.24) is 10.3 Å². The van der Waals surface area contributed by atoms with Crippen molar-refractivity contribution < 1.29 is 9.53 Å². The van der Waals surface area contributed by atoms with E-state index in [1.165, 1.54) is 0 Å². The number of hydrogen-bond donors (Lipinski definition) is 2. The Bertz CT molecular complexity index is 323. The highest BCUT2D eigenvalue weighted by Crippen LogP contribution is 2.03. The average molecular weight is 207 g/mol. The summed E-state index contributed by atoms with van der Waals surface area (Å²) in [6.07, 6.45) is 1.22. The quantitative estimate of drug-likeness (QED) is 0.717. The summed E-state index contributed by atoms with van der Waals surface area (Å²) >= 11 is 0. The third kappa shape index (κ3) is 2.74. The number of nitrogens with one attached hydrogen (secondary N) is 2. The molecule has 1 fully saturated rings. The van der Waals surface area contributed by atoms with E-state index in [9.17, 15) is 4.79 Å². The van der Waals surface area contributed by atoms with E-state index in [1.807, 2.05) is 6.07 Å². The minimum Gasteiger partial charge on any atom is -0.366 e. The summed E-state index contributed by atoms with van der Waals surface area (Å²) in [6, 6.07) is 5.37. The van der Waals surface area contributed by atoms with Crippen molar-refractivity contribution in [2.24, 2.45) is 0 Å². The monoisotopic (exact) mass is 207 g/mol. The number of nitrogens with zero attached hydrogens (tertiary/aromatic N) is 1. The lowest BCUT2D eigenvalue weighted by Gasteiger charge is -2.22. The molecule has 0 unspecified atom stereocenters. The van der Waals surface area contributed by atoms with Gasteiger partial charge < -0.3 is 15.4 Å². The van der Waals surface area contributed by atoms with Crippen molar-refractivity contribution >= 4 is 11.7 Å². The predicted molar refractivity (Wildman–Crippen MR) is 55.5 cm³/mol. The number of anilines is 1. The summed E-state index contributed by atoms with van der Waals surface area (Å²) in [7, 11) is 0. The van der Waals surface area contributed by atoms with E-state index in [4.69, 9.17) is 4.74 Å². The third-order valence-corrected chi connectivity index (χ3v) is 2.14. The van der Waals surface area contributed by atoms with Crippen LogP contribution in [-0.4, -0.2) is 36.7 Å². The molecule has 2 N–H and O–H groups in total. The molecule has 0 saturated carbocycles. The second-order valence-electron chi connectivity index (χ2n) is 3.27. The molecule has 1 aromatic rings. The average Bonchev–Trinajstić information content (AvgIpc) is 2.31. The van der Waals surface area contributed by atoms with E-state index in [-0.39, 0.29) is 5.91 Å². The standard InChI is InChI=1S/C10H13N3O2/c14-10(8-7-11-5-6-15-8)13-9-3-1-2-4-12-9/h1-4,8,11H,5-7H2,(H,12,13,14)/t8-/m1/s1. The Morgan fingerprint density at radius 2 is 2.53 bits per heavy atom. The van der Waals surface area contributed by atoms with E-state index < -0.39 is 6.10 Å². The number of carbonyl (C=O) groups is 1. The van der Waals surface area contributed by atoms with Crippen LogP contribution in [0.15, 0.2) is 24.4 Å². The second kappa shape index (κ2) is 4.86. The van der Waals surface area contributed by atoms with E-state index in [1.54, 1.807) is 18.3 Å². The molecule has 5 heteroatoms. The van der Waals surface area contributed by atoms with Crippen molar-refractivity contribution in [2.45, 2.75) is 6.10 Å². The lowest BCUT2D eigenvalue weighted by molar-refractivity contribution is -0.128. The summed E-state index contributed by atoms with van der Waals surface area (Å²) in [5, 5.41) is 5.79. The van der Waals surface area contributed by atoms with Crippen LogP contribution in [0.4, 0.5) is 5.82 Å². The van der Waals surface area contributed by atoms with Crippen LogP contribution in [0.5, 0.6) is 0 Å². The van der Waals surface area contributed by atoms with Gasteiger partial charge >= 0.3 is 0 Å². The first-order valence-corrected chi connectivity index (χ1v) is 4.90. The van der Waals surface area contributed by atoms with Crippen molar-refractivity contribution in [3.63, 3.8) is 0 Å². The Hall–Kier alpha value is -1.46. The number of morpholine rings is 1. The molecule has 1 saturated heterocycles. The molecule has 0 spiro atoms. The Labute approximate surface area is 87.8 Å². The number of carbonyl (C=O) groups excluding carboxylic acids is 1. The van der Waals surface area contributed by atoms with Crippen LogP contribution in [-0.2, 0) is 9.53 Å². The smallest absolute Gasteiger partial charge is 0.255 e. The Morgan fingerprint density at radius 1 is 1.60 bits per heavy atom. The molecule has 0 aromatic carbocycles. The minimum absolute atomic E-state index is 0.152. The zero-order chi connectivity index (χ0) is 10.5. The number of amides is 1. The molecule has 1 aliphatic heterocycles. The largest absolute Gasteiger partial charge is 0.366 e. The molecular formula is C10H13N3O2.